The molecule has 6 heteroatoms. The van der Waals surface area contributed by atoms with E-state index in [-0.39, 0.29) is 11.8 Å². The van der Waals surface area contributed by atoms with Crippen LogP contribution in [0.4, 0.5) is 0 Å². The van der Waals surface area contributed by atoms with Gasteiger partial charge in [0.25, 0.3) is 11.8 Å². The Bertz CT molecular complexity index is 954. The maximum Gasteiger partial charge on any atom is 0.265 e. The highest BCUT2D eigenvalue weighted by molar-refractivity contribution is 8.26. The van der Waals surface area contributed by atoms with Gasteiger partial charge in [-0.1, -0.05) is 66.4 Å². The van der Waals surface area contributed by atoms with Crippen LogP contribution in [-0.2, 0) is 4.79 Å². The minimum absolute atomic E-state index is 0.0601. The van der Waals surface area contributed by atoms with E-state index in [1.165, 1.54) is 22.2 Å². The van der Waals surface area contributed by atoms with Crippen molar-refractivity contribution in [3.05, 3.63) is 76.2 Å². The van der Waals surface area contributed by atoms with E-state index < -0.39 is 0 Å². The fraction of sp³-hybridized carbons (Fsp3) is 0.227. The van der Waals surface area contributed by atoms with Crippen molar-refractivity contribution in [2.75, 3.05) is 20.1 Å². The van der Waals surface area contributed by atoms with E-state index in [1.807, 2.05) is 53.4 Å². The molecular formula is C22H20N2O2S2. The van der Waals surface area contributed by atoms with Gasteiger partial charge in [-0.15, -0.1) is 0 Å². The third kappa shape index (κ3) is 3.75. The van der Waals surface area contributed by atoms with E-state index in [2.05, 4.69) is 12.1 Å². The lowest BCUT2D eigenvalue weighted by molar-refractivity contribution is -0.121. The summed E-state index contributed by atoms with van der Waals surface area (Å²) in [5.74, 6) is 0.379. The van der Waals surface area contributed by atoms with Gasteiger partial charge in [0.15, 0.2) is 0 Å². The Morgan fingerprint density at radius 1 is 1.14 bits per heavy atom. The van der Waals surface area contributed by atoms with Crippen LogP contribution < -0.4 is 0 Å². The molecule has 2 aromatic rings. The van der Waals surface area contributed by atoms with Gasteiger partial charge in [0.05, 0.1) is 4.91 Å². The molecule has 0 bridgehead atoms. The first-order valence-corrected chi connectivity index (χ1v) is 10.4. The fourth-order valence-electron chi connectivity index (χ4n) is 3.54. The molecule has 2 aromatic carbocycles. The van der Waals surface area contributed by atoms with Crippen molar-refractivity contribution in [3.63, 3.8) is 0 Å². The lowest BCUT2D eigenvalue weighted by Gasteiger charge is -2.17. The van der Waals surface area contributed by atoms with Crippen molar-refractivity contribution in [3.8, 4) is 0 Å². The van der Waals surface area contributed by atoms with Crippen LogP contribution in [0.3, 0.4) is 0 Å². The van der Waals surface area contributed by atoms with Crippen LogP contribution in [0.15, 0.2) is 59.5 Å². The monoisotopic (exact) mass is 408 g/mol. The van der Waals surface area contributed by atoms with E-state index in [0.717, 1.165) is 25.1 Å². The number of amides is 2. The maximum atomic E-state index is 12.8. The minimum Gasteiger partial charge on any atom is -0.338 e. The standard InChI is InChI=1S/C22H20N2O2S2/c1-23-21(26)19(28-22(23)27)13-15-7-9-17(10-8-15)20(25)24-12-11-18(14-24)16-5-3-2-4-6-16/h2-10,13,18H,11-12,14H2,1H3/b19-13-. The van der Waals surface area contributed by atoms with Crippen molar-refractivity contribution in [1.82, 2.24) is 9.80 Å². The number of hydrogen-bond acceptors (Lipinski definition) is 4. The van der Waals surface area contributed by atoms with Crippen LogP contribution in [-0.4, -0.2) is 46.1 Å². The molecule has 2 heterocycles. The Morgan fingerprint density at radius 2 is 1.86 bits per heavy atom. The van der Waals surface area contributed by atoms with Crippen LogP contribution >= 0.6 is 24.0 Å². The maximum absolute atomic E-state index is 12.8. The van der Waals surface area contributed by atoms with Gasteiger partial charge in [-0.05, 0) is 35.8 Å². The second-order valence-electron chi connectivity index (χ2n) is 7.01. The highest BCUT2D eigenvalue weighted by atomic mass is 32.2. The second kappa shape index (κ2) is 7.89. The van der Waals surface area contributed by atoms with Crippen molar-refractivity contribution in [1.29, 1.82) is 0 Å². The van der Waals surface area contributed by atoms with E-state index in [4.69, 9.17) is 12.2 Å². The van der Waals surface area contributed by atoms with Crippen LogP contribution in [0.5, 0.6) is 0 Å². The zero-order valence-electron chi connectivity index (χ0n) is 15.5. The first-order chi connectivity index (χ1) is 13.5. The lowest BCUT2D eigenvalue weighted by atomic mass is 9.99. The number of likely N-dealkylation sites (N-methyl/N-ethyl adjacent to an activating group) is 1. The first kappa shape index (κ1) is 18.9. The van der Waals surface area contributed by atoms with Gasteiger partial charge in [-0.25, -0.2) is 0 Å². The molecule has 4 rings (SSSR count). The van der Waals surface area contributed by atoms with Gasteiger partial charge in [0.1, 0.15) is 4.32 Å². The Hall–Kier alpha value is -2.44. The van der Waals surface area contributed by atoms with E-state index in [9.17, 15) is 9.59 Å². The normalized spacial score (nSPS) is 21.0. The summed E-state index contributed by atoms with van der Waals surface area (Å²) in [7, 11) is 1.68. The number of thiocarbonyl (C=S) groups is 1. The molecule has 142 valence electrons. The van der Waals surface area contributed by atoms with Crippen LogP contribution in [0.25, 0.3) is 6.08 Å². The van der Waals surface area contributed by atoms with Crippen LogP contribution in [0.1, 0.15) is 33.8 Å². The van der Waals surface area contributed by atoms with Gasteiger partial charge in [-0.2, -0.15) is 0 Å². The second-order valence-corrected chi connectivity index (χ2v) is 8.69. The first-order valence-electron chi connectivity index (χ1n) is 9.19. The van der Waals surface area contributed by atoms with Gasteiger partial charge < -0.3 is 4.90 Å². The van der Waals surface area contributed by atoms with Crippen LogP contribution in [0, 0.1) is 0 Å². The van der Waals surface area contributed by atoms with Gasteiger partial charge in [-0.3, -0.25) is 14.5 Å². The highest BCUT2D eigenvalue weighted by Gasteiger charge is 2.29. The highest BCUT2D eigenvalue weighted by Crippen LogP contribution is 2.31. The Balaban J connectivity index is 1.44. The van der Waals surface area contributed by atoms with Gasteiger partial charge in [0.2, 0.25) is 0 Å². The zero-order chi connectivity index (χ0) is 19.7. The number of carbonyl (C=O) groups is 2. The minimum atomic E-state index is -0.0841. The Morgan fingerprint density at radius 3 is 2.50 bits per heavy atom. The smallest absolute Gasteiger partial charge is 0.265 e. The van der Waals surface area contributed by atoms with Crippen molar-refractivity contribution < 1.29 is 9.59 Å². The third-order valence-electron chi connectivity index (χ3n) is 5.19. The molecule has 0 saturated carbocycles. The number of likely N-dealkylation sites (tertiary alicyclic amines) is 1. The molecule has 0 spiro atoms. The summed E-state index contributed by atoms with van der Waals surface area (Å²) in [5.41, 5.74) is 2.85. The molecule has 2 amide bonds. The number of carbonyl (C=O) groups excluding carboxylic acids is 2. The number of nitrogens with zero attached hydrogens (tertiary/aromatic N) is 2. The molecule has 1 unspecified atom stereocenters. The van der Waals surface area contributed by atoms with Crippen molar-refractivity contribution in [2.45, 2.75) is 12.3 Å². The largest absolute Gasteiger partial charge is 0.338 e. The summed E-state index contributed by atoms with van der Waals surface area (Å²) in [5, 5.41) is 0. The summed E-state index contributed by atoms with van der Waals surface area (Å²) in [4.78, 5) is 29.0. The molecule has 0 aromatic heterocycles. The average Bonchev–Trinajstić information content (AvgIpc) is 3.31. The lowest BCUT2D eigenvalue weighted by Crippen LogP contribution is -2.28. The molecule has 2 aliphatic heterocycles. The number of thioether (sulfide) groups is 1. The molecule has 0 radical (unpaired) electrons. The fourth-order valence-corrected chi connectivity index (χ4v) is 4.72. The molecule has 0 aliphatic carbocycles. The molecule has 4 nitrogen and oxygen atoms in total. The molecule has 2 saturated heterocycles. The van der Waals surface area contributed by atoms with Gasteiger partial charge in [0, 0.05) is 31.6 Å². The molecule has 2 fully saturated rings. The van der Waals surface area contributed by atoms with Crippen molar-refractivity contribution >= 4 is 46.2 Å². The summed E-state index contributed by atoms with van der Waals surface area (Å²) in [6.45, 7) is 1.53. The van der Waals surface area contributed by atoms with E-state index >= 15 is 0 Å². The molecule has 2 aliphatic rings. The number of hydrogen-bond donors (Lipinski definition) is 0. The van der Waals surface area contributed by atoms with Gasteiger partial charge >= 0.3 is 0 Å². The van der Waals surface area contributed by atoms with E-state index in [0.29, 0.717) is 20.7 Å². The summed E-state index contributed by atoms with van der Waals surface area (Å²) in [6, 6.07) is 17.8. The number of benzene rings is 2. The summed E-state index contributed by atoms with van der Waals surface area (Å²) in [6.07, 6.45) is 2.81. The van der Waals surface area contributed by atoms with Crippen LogP contribution in [0.2, 0.25) is 0 Å². The predicted octanol–water partition coefficient (Wildman–Crippen LogP) is 4.15. The third-order valence-corrected chi connectivity index (χ3v) is 6.67. The Labute approximate surface area is 174 Å². The quantitative estimate of drug-likeness (QED) is 0.565. The SMILES string of the molecule is CN1C(=O)/C(=C/c2ccc(C(=O)N3CCC(c4ccccc4)C3)cc2)SC1=S. The topological polar surface area (TPSA) is 40.6 Å². The average molecular weight is 409 g/mol. The summed E-state index contributed by atoms with van der Waals surface area (Å²) < 4.78 is 0.560. The molecule has 0 N–H and O–H groups in total. The predicted molar refractivity (Wildman–Crippen MR) is 117 cm³/mol. The zero-order valence-corrected chi connectivity index (χ0v) is 17.1. The molecule has 1 atom stereocenters. The van der Waals surface area contributed by atoms with Crippen molar-refractivity contribution in [2.24, 2.45) is 0 Å². The Kier molecular flexibility index (Phi) is 5.33. The summed E-state index contributed by atoms with van der Waals surface area (Å²) >= 11 is 6.45. The molecular weight excluding hydrogens is 388 g/mol. The number of rotatable bonds is 3. The molecule has 28 heavy (non-hydrogen) atoms. The van der Waals surface area contributed by atoms with E-state index in [1.54, 1.807) is 7.05 Å².